The number of carbonyl (C=O) groups is 1. The van der Waals surface area contributed by atoms with Crippen molar-refractivity contribution >= 4 is 38.9 Å². The van der Waals surface area contributed by atoms with Gasteiger partial charge in [0, 0.05) is 30.1 Å². The molecular formula is C20H22ClN3O6S. The van der Waals surface area contributed by atoms with Gasteiger partial charge in [-0.25, -0.2) is 8.42 Å². The largest absolute Gasteiger partial charge is 0.495 e. The van der Waals surface area contributed by atoms with Crippen LogP contribution in [-0.4, -0.2) is 43.8 Å². The molecule has 2 aromatic carbocycles. The fraction of sp³-hybridized carbons (Fsp3) is 0.350. The summed E-state index contributed by atoms with van der Waals surface area (Å²) in [5, 5.41) is 14.1. The smallest absolute Gasteiger partial charge is 0.274 e. The maximum atomic E-state index is 13.1. The van der Waals surface area contributed by atoms with Crippen LogP contribution in [0, 0.1) is 23.0 Å². The molecule has 1 aliphatic rings. The van der Waals surface area contributed by atoms with Crippen molar-refractivity contribution in [3.63, 3.8) is 0 Å². The Morgan fingerprint density at radius 1 is 1.26 bits per heavy atom. The Kier molecular flexibility index (Phi) is 6.83. The first kappa shape index (κ1) is 23.0. The number of methoxy groups -OCH3 is 1. The lowest BCUT2D eigenvalue weighted by molar-refractivity contribution is -0.385. The average molecular weight is 468 g/mol. The number of amides is 1. The number of benzene rings is 2. The number of anilines is 1. The van der Waals surface area contributed by atoms with Gasteiger partial charge in [-0.1, -0.05) is 17.7 Å². The van der Waals surface area contributed by atoms with Gasteiger partial charge in [0.05, 0.1) is 23.3 Å². The van der Waals surface area contributed by atoms with E-state index >= 15 is 0 Å². The summed E-state index contributed by atoms with van der Waals surface area (Å²) in [6.45, 7) is 1.88. The number of halogens is 1. The normalized spacial score (nSPS) is 15.5. The number of hydrogen-bond donors (Lipinski definition) is 1. The fourth-order valence-electron chi connectivity index (χ4n) is 3.54. The molecular weight excluding hydrogens is 446 g/mol. The molecule has 0 spiro atoms. The van der Waals surface area contributed by atoms with Gasteiger partial charge in [0.2, 0.25) is 15.9 Å². The predicted octanol–water partition coefficient (Wildman–Crippen LogP) is 3.60. The molecule has 1 N–H and O–H groups in total. The van der Waals surface area contributed by atoms with E-state index in [-0.39, 0.29) is 40.4 Å². The van der Waals surface area contributed by atoms with Crippen molar-refractivity contribution in [2.75, 3.05) is 25.5 Å². The molecule has 166 valence electrons. The summed E-state index contributed by atoms with van der Waals surface area (Å²) in [7, 11) is -2.46. The molecule has 2 aromatic rings. The number of sulfonamides is 1. The molecule has 1 amide bonds. The van der Waals surface area contributed by atoms with Crippen LogP contribution in [0.1, 0.15) is 18.4 Å². The molecule has 1 aliphatic heterocycles. The van der Waals surface area contributed by atoms with E-state index < -0.39 is 20.9 Å². The number of hydrogen-bond acceptors (Lipinski definition) is 6. The zero-order valence-electron chi connectivity index (χ0n) is 17.0. The van der Waals surface area contributed by atoms with E-state index in [4.69, 9.17) is 16.3 Å². The van der Waals surface area contributed by atoms with Crippen LogP contribution in [0.4, 0.5) is 11.4 Å². The van der Waals surface area contributed by atoms with Crippen LogP contribution in [0.2, 0.25) is 5.02 Å². The number of ether oxygens (including phenoxy) is 1. The van der Waals surface area contributed by atoms with E-state index in [0.29, 0.717) is 24.1 Å². The molecule has 0 aromatic heterocycles. The monoisotopic (exact) mass is 467 g/mol. The lowest BCUT2D eigenvalue weighted by atomic mass is 9.97. The Labute approximate surface area is 185 Å². The minimum atomic E-state index is -3.84. The van der Waals surface area contributed by atoms with E-state index in [1.54, 1.807) is 19.1 Å². The maximum absolute atomic E-state index is 13.1. The lowest BCUT2D eigenvalue weighted by Gasteiger charge is -2.31. The molecule has 31 heavy (non-hydrogen) atoms. The molecule has 9 nitrogen and oxygen atoms in total. The van der Waals surface area contributed by atoms with Crippen molar-refractivity contribution in [1.29, 1.82) is 0 Å². The second kappa shape index (κ2) is 9.21. The Morgan fingerprint density at radius 3 is 2.55 bits per heavy atom. The number of nitrogens with zero attached hydrogens (tertiary/aromatic N) is 2. The first-order chi connectivity index (χ1) is 14.6. The Bertz CT molecular complexity index is 1110. The van der Waals surface area contributed by atoms with Gasteiger partial charge < -0.3 is 10.1 Å². The Balaban J connectivity index is 1.70. The van der Waals surface area contributed by atoms with Crippen molar-refractivity contribution in [3.8, 4) is 5.75 Å². The minimum Gasteiger partial charge on any atom is -0.495 e. The molecule has 0 aliphatic carbocycles. The minimum absolute atomic E-state index is 0.0161. The number of rotatable bonds is 6. The lowest BCUT2D eigenvalue weighted by Crippen LogP contribution is -2.41. The number of nitro groups is 1. The number of nitro benzene ring substituents is 1. The number of carbonyl (C=O) groups excluding carboxylic acids is 1. The van der Waals surface area contributed by atoms with Gasteiger partial charge in [0.15, 0.2) is 0 Å². The molecule has 3 rings (SSSR count). The highest BCUT2D eigenvalue weighted by atomic mass is 35.5. The van der Waals surface area contributed by atoms with Crippen LogP contribution in [0.15, 0.2) is 41.3 Å². The SMILES string of the molecule is COc1ccc(Cl)cc1S(=O)(=O)N1CCC(C(=O)Nc2cccc([N+](=O)[O-])c2C)CC1. The van der Waals surface area contributed by atoms with Gasteiger partial charge in [0.25, 0.3) is 5.69 Å². The molecule has 0 unspecified atom stereocenters. The Hall–Kier alpha value is -2.69. The van der Waals surface area contributed by atoms with Crippen molar-refractivity contribution in [1.82, 2.24) is 4.31 Å². The quantitative estimate of drug-likeness (QED) is 0.512. The maximum Gasteiger partial charge on any atom is 0.274 e. The number of piperidine rings is 1. The molecule has 0 atom stereocenters. The van der Waals surface area contributed by atoms with Crippen LogP contribution in [0.5, 0.6) is 5.75 Å². The van der Waals surface area contributed by atoms with Crippen molar-refractivity contribution in [2.24, 2.45) is 5.92 Å². The summed E-state index contributed by atoms with van der Waals surface area (Å²) in [5.74, 6) is -0.502. The highest BCUT2D eigenvalue weighted by Gasteiger charge is 2.34. The molecule has 0 saturated carbocycles. The topological polar surface area (TPSA) is 119 Å². The van der Waals surface area contributed by atoms with Crippen LogP contribution in [0.3, 0.4) is 0 Å². The van der Waals surface area contributed by atoms with Crippen LogP contribution < -0.4 is 10.1 Å². The third-order valence-electron chi connectivity index (χ3n) is 5.33. The molecule has 0 radical (unpaired) electrons. The summed E-state index contributed by atoms with van der Waals surface area (Å²) in [5.41, 5.74) is 0.668. The van der Waals surface area contributed by atoms with Gasteiger partial charge in [-0.3, -0.25) is 14.9 Å². The van der Waals surface area contributed by atoms with Crippen molar-refractivity contribution in [2.45, 2.75) is 24.7 Å². The predicted molar refractivity (Wildman–Crippen MR) is 116 cm³/mol. The summed E-state index contributed by atoms with van der Waals surface area (Å²) >= 11 is 5.97. The van der Waals surface area contributed by atoms with Gasteiger partial charge >= 0.3 is 0 Å². The Morgan fingerprint density at radius 2 is 1.94 bits per heavy atom. The van der Waals surface area contributed by atoms with Gasteiger partial charge in [-0.2, -0.15) is 4.31 Å². The van der Waals surface area contributed by atoms with E-state index in [1.165, 1.54) is 35.7 Å². The first-order valence-electron chi connectivity index (χ1n) is 9.53. The number of nitrogens with one attached hydrogen (secondary N) is 1. The van der Waals surface area contributed by atoms with Crippen LogP contribution in [0.25, 0.3) is 0 Å². The van der Waals surface area contributed by atoms with Crippen LogP contribution in [-0.2, 0) is 14.8 Å². The standard InChI is InChI=1S/C20H22ClN3O6S/c1-13-16(4-3-5-17(13)24(26)27)22-20(25)14-8-10-23(11-9-14)31(28,29)19-12-15(21)6-7-18(19)30-2/h3-7,12,14H,8-11H2,1-2H3,(H,22,25). The second-order valence-corrected chi connectivity index (χ2v) is 9.51. The van der Waals surface area contributed by atoms with Gasteiger partial charge in [-0.15, -0.1) is 0 Å². The third kappa shape index (κ3) is 4.81. The third-order valence-corrected chi connectivity index (χ3v) is 7.48. The van der Waals surface area contributed by atoms with E-state index in [0.717, 1.165) is 0 Å². The molecule has 1 fully saturated rings. The molecule has 11 heteroatoms. The van der Waals surface area contributed by atoms with Gasteiger partial charge in [0.1, 0.15) is 10.6 Å². The molecule has 0 bridgehead atoms. The molecule has 1 heterocycles. The van der Waals surface area contributed by atoms with E-state index in [2.05, 4.69) is 5.32 Å². The molecule has 1 saturated heterocycles. The van der Waals surface area contributed by atoms with Gasteiger partial charge in [-0.05, 0) is 44.0 Å². The second-order valence-electron chi connectivity index (χ2n) is 7.17. The highest BCUT2D eigenvalue weighted by molar-refractivity contribution is 7.89. The summed E-state index contributed by atoms with van der Waals surface area (Å²) in [4.78, 5) is 23.3. The fourth-order valence-corrected chi connectivity index (χ4v) is 5.43. The van der Waals surface area contributed by atoms with Crippen molar-refractivity contribution < 1.29 is 22.9 Å². The summed E-state index contributed by atoms with van der Waals surface area (Å²) < 4.78 is 32.6. The van der Waals surface area contributed by atoms with Crippen LogP contribution >= 0.6 is 11.6 Å². The highest BCUT2D eigenvalue weighted by Crippen LogP contribution is 2.32. The first-order valence-corrected chi connectivity index (χ1v) is 11.4. The van der Waals surface area contributed by atoms with Crippen molar-refractivity contribution in [3.05, 3.63) is 57.1 Å². The average Bonchev–Trinajstić information content (AvgIpc) is 2.75. The van der Waals surface area contributed by atoms with E-state index in [1.807, 2.05) is 0 Å². The summed E-state index contributed by atoms with van der Waals surface area (Å²) in [6.07, 6.45) is 0.643. The zero-order chi connectivity index (χ0) is 22.8. The van der Waals surface area contributed by atoms with E-state index in [9.17, 15) is 23.3 Å². The zero-order valence-corrected chi connectivity index (χ0v) is 18.6. The summed E-state index contributed by atoms with van der Waals surface area (Å²) in [6, 6.07) is 8.88.